The molecule has 0 amide bonds. The Bertz CT molecular complexity index is 871. The second-order valence-corrected chi connectivity index (χ2v) is 7.86. The van der Waals surface area contributed by atoms with Crippen LogP contribution < -0.4 is 23.5 Å². The Hall–Kier alpha value is -2.51. The van der Waals surface area contributed by atoms with E-state index in [1.165, 1.54) is 0 Å². The Kier molecular flexibility index (Phi) is 5.03. The number of ether oxygens (including phenoxy) is 4. The van der Waals surface area contributed by atoms with Gasteiger partial charge in [-0.25, -0.2) is 0 Å². The molecule has 3 saturated heterocycles. The van der Waals surface area contributed by atoms with Crippen LogP contribution in [0.4, 0.5) is 0 Å². The SMILES string of the molecule is COc1ccc(/C=C\c2cc(OC)c(OC)c(OC)c2)cc1O[PH]12OC(O1)O2. The van der Waals surface area contributed by atoms with Crippen LogP contribution in [-0.4, -0.2) is 34.9 Å². The van der Waals surface area contributed by atoms with E-state index in [9.17, 15) is 0 Å². The first-order chi connectivity index (χ1) is 13.6. The van der Waals surface area contributed by atoms with Crippen LogP contribution in [0.25, 0.3) is 12.2 Å². The van der Waals surface area contributed by atoms with Crippen molar-refractivity contribution in [3.63, 3.8) is 0 Å². The Balaban J connectivity index is 1.59. The molecule has 3 aliphatic rings. The van der Waals surface area contributed by atoms with Crippen molar-refractivity contribution in [3.05, 3.63) is 41.5 Å². The fourth-order valence-electron chi connectivity index (χ4n) is 2.85. The summed E-state index contributed by atoms with van der Waals surface area (Å²) < 4.78 is 43.2. The second kappa shape index (κ2) is 7.48. The molecule has 5 rings (SSSR count). The van der Waals surface area contributed by atoms with Gasteiger partial charge in [0.25, 0.3) is 0 Å². The summed E-state index contributed by atoms with van der Waals surface area (Å²) in [6.07, 6.45) is 3.86. The first-order valence-corrected chi connectivity index (χ1v) is 10.1. The summed E-state index contributed by atoms with van der Waals surface area (Å²) in [6, 6.07) is 9.28. The maximum absolute atomic E-state index is 5.78. The average molecular weight is 408 g/mol. The minimum absolute atomic E-state index is 0.499. The zero-order chi connectivity index (χ0) is 19.7. The van der Waals surface area contributed by atoms with Crippen molar-refractivity contribution >= 4 is 20.3 Å². The van der Waals surface area contributed by atoms with E-state index in [1.807, 2.05) is 42.5 Å². The Morgan fingerprint density at radius 3 is 1.79 bits per heavy atom. The molecule has 3 heterocycles. The van der Waals surface area contributed by atoms with Gasteiger partial charge in [0.1, 0.15) is 0 Å². The summed E-state index contributed by atoms with van der Waals surface area (Å²) in [5, 5.41) is 0. The van der Waals surface area contributed by atoms with E-state index >= 15 is 0 Å². The molecule has 0 N–H and O–H groups in total. The predicted molar refractivity (Wildman–Crippen MR) is 104 cm³/mol. The zero-order valence-corrected chi connectivity index (χ0v) is 16.9. The van der Waals surface area contributed by atoms with Crippen LogP contribution >= 0.6 is 8.17 Å². The van der Waals surface area contributed by atoms with Gasteiger partial charge in [-0.05, 0) is 0 Å². The Morgan fingerprint density at radius 1 is 0.714 bits per heavy atom. The van der Waals surface area contributed by atoms with E-state index in [1.54, 1.807) is 28.4 Å². The molecule has 0 aliphatic carbocycles. The standard InChI is InChI=1S/C19H21O8P/c1-20-14-8-7-12(9-15(14)24-28-25-19(26-28)27-28)5-6-13-10-16(21-2)18(23-4)17(11-13)22-3/h5-11,19,28H,1-4H3/b6-5-. The van der Waals surface area contributed by atoms with Gasteiger partial charge in [0.2, 0.25) is 0 Å². The molecule has 0 radical (unpaired) electrons. The van der Waals surface area contributed by atoms with E-state index in [2.05, 4.69) is 0 Å². The maximum atomic E-state index is 5.78. The van der Waals surface area contributed by atoms with Crippen molar-refractivity contribution < 1.29 is 37.0 Å². The molecule has 0 aromatic heterocycles. The van der Waals surface area contributed by atoms with Gasteiger partial charge < -0.3 is 0 Å². The van der Waals surface area contributed by atoms with Crippen molar-refractivity contribution in [2.24, 2.45) is 0 Å². The predicted octanol–water partition coefficient (Wildman–Crippen LogP) is 4.04. The van der Waals surface area contributed by atoms with Crippen molar-refractivity contribution in [3.8, 4) is 28.7 Å². The topological polar surface area (TPSA) is 73.8 Å². The Morgan fingerprint density at radius 2 is 1.29 bits per heavy atom. The van der Waals surface area contributed by atoms with E-state index in [0.29, 0.717) is 28.7 Å². The molecule has 3 aliphatic heterocycles. The molecule has 2 bridgehead atoms. The fourth-order valence-corrected chi connectivity index (χ4v) is 4.19. The number of rotatable bonds is 8. The molecule has 3 fully saturated rings. The third-order valence-corrected chi connectivity index (χ3v) is 6.21. The van der Waals surface area contributed by atoms with Gasteiger partial charge in [0.05, 0.1) is 0 Å². The average Bonchev–Trinajstić information content (AvgIpc) is 2.67. The summed E-state index contributed by atoms with van der Waals surface area (Å²) >= 11 is 0. The first-order valence-electron chi connectivity index (χ1n) is 8.48. The molecule has 2 aromatic carbocycles. The minimum atomic E-state index is -2.94. The van der Waals surface area contributed by atoms with Crippen molar-refractivity contribution in [2.75, 3.05) is 28.4 Å². The number of benzene rings is 2. The number of hydrogen-bond acceptors (Lipinski definition) is 8. The summed E-state index contributed by atoms with van der Waals surface area (Å²) in [6.45, 7) is -0.569. The summed E-state index contributed by atoms with van der Waals surface area (Å²) in [4.78, 5) is 0. The molecule has 2 aromatic rings. The van der Waals surface area contributed by atoms with Gasteiger partial charge in [-0.1, -0.05) is 0 Å². The second-order valence-electron chi connectivity index (χ2n) is 5.95. The molecule has 28 heavy (non-hydrogen) atoms. The summed E-state index contributed by atoms with van der Waals surface area (Å²) in [7, 11) is 3.37. The van der Waals surface area contributed by atoms with Gasteiger partial charge in [0, 0.05) is 0 Å². The third-order valence-electron chi connectivity index (χ3n) is 4.30. The summed E-state index contributed by atoms with van der Waals surface area (Å²) in [5.74, 6) is 2.78. The van der Waals surface area contributed by atoms with E-state index in [4.69, 9.17) is 37.0 Å². The molecule has 0 saturated carbocycles. The van der Waals surface area contributed by atoms with Gasteiger partial charge >= 0.3 is 162 Å². The van der Waals surface area contributed by atoms with Gasteiger partial charge in [0.15, 0.2) is 0 Å². The number of methoxy groups -OCH3 is 4. The summed E-state index contributed by atoms with van der Waals surface area (Å²) in [5.41, 5.74) is 1.78. The molecule has 9 heteroatoms. The zero-order valence-electron chi connectivity index (χ0n) is 15.9. The van der Waals surface area contributed by atoms with Crippen LogP contribution in [-0.2, 0) is 13.6 Å². The molecule has 150 valence electrons. The quantitative estimate of drug-likeness (QED) is 0.479. The molecule has 0 unspecified atom stereocenters. The van der Waals surface area contributed by atoms with Crippen molar-refractivity contribution in [1.82, 2.24) is 0 Å². The molecule has 0 spiro atoms. The first kappa shape index (κ1) is 18.8. The van der Waals surface area contributed by atoms with Crippen LogP contribution in [0.2, 0.25) is 0 Å². The van der Waals surface area contributed by atoms with Gasteiger partial charge in [-0.3, -0.25) is 0 Å². The normalized spacial score (nSPS) is 19.9. The van der Waals surface area contributed by atoms with Crippen LogP contribution in [0.15, 0.2) is 30.3 Å². The third kappa shape index (κ3) is 3.36. The van der Waals surface area contributed by atoms with E-state index in [-0.39, 0.29) is 0 Å². The molecular formula is C19H21O8P. The van der Waals surface area contributed by atoms with E-state index < -0.39 is 14.6 Å². The van der Waals surface area contributed by atoms with Crippen LogP contribution in [0.1, 0.15) is 11.1 Å². The van der Waals surface area contributed by atoms with Gasteiger partial charge in [-0.15, -0.1) is 0 Å². The van der Waals surface area contributed by atoms with Crippen LogP contribution in [0, 0.1) is 0 Å². The molecule has 8 nitrogen and oxygen atoms in total. The number of hydrogen-bond donors (Lipinski definition) is 0. The van der Waals surface area contributed by atoms with Gasteiger partial charge in [-0.2, -0.15) is 0 Å². The monoisotopic (exact) mass is 408 g/mol. The van der Waals surface area contributed by atoms with Crippen LogP contribution in [0.3, 0.4) is 0 Å². The molecule has 0 atom stereocenters. The van der Waals surface area contributed by atoms with Crippen LogP contribution in [0.5, 0.6) is 28.7 Å². The van der Waals surface area contributed by atoms with Crippen molar-refractivity contribution in [1.29, 1.82) is 0 Å². The van der Waals surface area contributed by atoms with Crippen molar-refractivity contribution in [2.45, 2.75) is 6.48 Å². The van der Waals surface area contributed by atoms with E-state index in [0.717, 1.165) is 11.1 Å². The molecular weight excluding hydrogens is 387 g/mol. The Labute approximate surface area is 163 Å². The fraction of sp³-hybridized carbons (Fsp3) is 0.263.